The molecule has 7 heteroatoms. The monoisotopic (exact) mass is 313 g/mol. The highest BCUT2D eigenvalue weighted by Gasteiger charge is 2.26. The van der Waals surface area contributed by atoms with Crippen molar-refractivity contribution >= 4 is 21.4 Å². The van der Waals surface area contributed by atoms with Crippen LogP contribution >= 0.6 is 0 Å². The Balaban J connectivity index is 2.42. The number of aliphatic hydroxyl groups is 1. The number of sulfonamides is 1. The van der Waals surface area contributed by atoms with Crippen LogP contribution in [0, 0.1) is 6.92 Å². The van der Waals surface area contributed by atoms with Crippen LogP contribution in [0.2, 0.25) is 0 Å². The van der Waals surface area contributed by atoms with Crippen molar-refractivity contribution in [2.45, 2.75) is 43.6 Å². The minimum Gasteiger partial charge on any atom is -0.399 e. The molecule has 118 valence electrons. The molecule has 6 nitrogen and oxygen atoms in total. The van der Waals surface area contributed by atoms with E-state index in [1.165, 1.54) is 6.07 Å². The molecular weight excluding hydrogens is 290 g/mol. The minimum absolute atomic E-state index is 0.0634. The van der Waals surface area contributed by atoms with Gasteiger partial charge in [0.2, 0.25) is 10.0 Å². The second-order valence-corrected chi connectivity index (χ2v) is 7.58. The van der Waals surface area contributed by atoms with E-state index in [9.17, 15) is 13.5 Å². The van der Waals surface area contributed by atoms with Crippen LogP contribution in [0.3, 0.4) is 0 Å². The van der Waals surface area contributed by atoms with Crippen LogP contribution in [0.4, 0.5) is 11.4 Å². The molecule has 1 fully saturated rings. The highest BCUT2D eigenvalue weighted by atomic mass is 32.2. The number of nitrogens with two attached hydrogens (primary N) is 2. The van der Waals surface area contributed by atoms with Crippen LogP contribution in [-0.4, -0.2) is 32.2 Å². The number of primary sulfonamides is 1. The van der Waals surface area contributed by atoms with E-state index in [0.29, 0.717) is 24.2 Å². The van der Waals surface area contributed by atoms with Gasteiger partial charge >= 0.3 is 0 Å². The summed E-state index contributed by atoms with van der Waals surface area (Å²) < 4.78 is 23.4. The SMILES string of the molecule is Cc1c(N2CCCC(C)(O)CC2)cc(N)cc1S(N)(=O)=O. The molecule has 0 aliphatic carbocycles. The molecule has 21 heavy (non-hydrogen) atoms. The average molecular weight is 313 g/mol. The summed E-state index contributed by atoms with van der Waals surface area (Å²) in [5.74, 6) is 0. The third-order valence-electron chi connectivity index (χ3n) is 4.07. The molecule has 2 rings (SSSR count). The lowest BCUT2D eigenvalue weighted by molar-refractivity contribution is 0.0481. The highest BCUT2D eigenvalue weighted by molar-refractivity contribution is 7.89. The molecule has 0 radical (unpaired) electrons. The summed E-state index contributed by atoms with van der Waals surface area (Å²) in [5.41, 5.74) is 6.90. The number of rotatable bonds is 2. The second-order valence-electron chi connectivity index (χ2n) is 6.05. The smallest absolute Gasteiger partial charge is 0.238 e. The first-order valence-corrected chi connectivity index (χ1v) is 8.55. The van der Waals surface area contributed by atoms with Gasteiger partial charge < -0.3 is 15.7 Å². The van der Waals surface area contributed by atoms with Gasteiger partial charge in [-0.3, -0.25) is 0 Å². The molecule has 0 saturated carbocycles. The van der Waals surface area contributed by atoms with Gasteiger partial charge in [-0.2, -0.15) is 0 Å². The maximum absolute atomic E-state index is 11.7. The number of benzene rings is 1. The van der Waals surface area contributed by atoms with Crippen molar-refractivity contribution in [2.75, 3.05) is 23.7 Å². The molecule has 0 amide bonds. The number of anilines is 2. The van der Waals surface area contributed by atoms with Crippen molar-refractivity contribution in [1.82, 2.24) is 0 Å². The average Bonchev–Trinajstić information content (AvgIpc) is 2.51. The van der Waals surface area contributed by atoms with E-state index in [1.54, 1.807) is 13.0 Å². The Morgan fingerprint density at radius 3 is 2.57 bits per heavy atom. The van der Waals surface area contributed by atoms with Gasteiger partial charge in [0.1, 0.15) is 0 Å². The van der Waals surface area contributed by atoms with E-state index in [0.717, 1.165) is 25.1 Å². The van der Waals surface area contributed by atoms with Crippen LogP contribution in [0.1, 0.15) is 31.7 Å². The Hall–Kier alpha value is -1.31. The first-order chi connectivity index (χ1) is 9.60. The first-order valence-electron chi connectivity index (χ1n) is 7.00. The fourth-order valence-corrected chi connectivity index (χ4v) is 3.65. The van der Waals surface area contributed by atoms with Gasteiger partial charge in [0.25, 0.3) is 0 Å². The van der Waals surface area contributed by atoms with Gasteiger partial charge in [-0.25, -0.2) is 13.6 Å². The van der Waals surface area contributed by atoms with Crippen LogP contribution in [0.5, 0.6) is 0 Å². The molecule has 1 heterocycles. The molecule has 5 N–H and O–H groups in total. The van der Waals surface area contributed by atoms with Gasteiger partial charge in [0.15, 0.2) is 0 Å². The van der Waals surface area contributed by atoms with E-state index in [-0.39, 0.29) is 4.90 Å². The summed E-state index contributed by atoms with van der Waals surface area (Å²) in [6.45, 7) is 4.97. The van der Waals surface area contributed by atoms with E-state index in [1.807, 2.05) is 6.92 Å². The zero-order valence-corrected chi connectivity index (χ0v) is 13.3. The zero-order chi connectivity index (χ0) is 15.8. The van der Waals surface area contributed by atoms with Crippen molar-refractivity contribution in [3.63, 3.8) is 0 Å². The van der Waals surface area contributed by atoms with Crippen molar-refractivity contribution in [1.29, 1.82) is 0 Å². The van der Waals surface area contributed by atoms with Gasteiger partial charge in [0, 0.05) is 24.5 Å². The van der Waals surface area contributed by atoms with Gasteiger partial charge in [0.05, 0.1) is 10.5 Å². The second kappa shape index (κ2) is 5.47. The maximum atomic E-state index is 11.7. The first kappa shape index (κ1) is 16.1. The lowest BCUT2D eigenvalue weighted by atomic mass is 9.98. The third-order valence-corrected chi connectivity index (χ3v) is 5.10. The molecule has 1 aromatic rings. The summed E-state index contributed by atoms with van der Waals surface area (Å²) in [5, 5.41) is 15.4. The lowest BCUT2D eigenvalue weighted by Gasteiger charge is -2.27. The van der Waals surface area contributed by atoms with E-state index >= 15 is 0 Å². The normalized spacial score (nSPS) is 23.9. The Labute approximate surface area is 125 Å². The zero-order valence-electron chi connectivity index (χ0n) is 12.5. The molecular formula is C14H23N3O3S. The number of nitrogens with zero attached hydrogens (tertiary/aromatic N) is 1. The molecule has 0 bridgehead atoms. The minimum atomic E-state index is -3.81. The molecule has 1 atom stereocenters. The molecule has 1 saturated heterocycles. The molecule has 1 aliphatic heterocycles. The summed E-state index contributed by atoms with van der Waals surface area (Å²) in [4.78, 5) is 2.13. The van der Waals surface area contributed by atoms with Crippen LogP contribution < -0.4 is 15.8 Å². The quantitative estimate of drug-likeness (QED) is 0.705. The van der Waals surface area contributed by atoms with E-state index in [4.69, 9.17) is 10.9 Å². The van der Waals surface area contributed by atoms with Crippen molar-refractivity contribution < 1.29 is 13.5 Å². The topological polar surface area (TPSA) is 110 Å². The van der Waals surface area contributed by atoms with Crippen molar-refractivity contribution in [3.8, 4) is 0 Å². The third kappa shape index (κ3) is 3.66. The maximum Gasteiger partial charge on any atom is 0.238 e. The predicted octanol–water partition coefficient (Wildman–Crippen LogP) is 0.966. The highest BCUT2D eigenvalue weighted by Crippen LogP contribution is 2.32. The Bertz CT molecular complexity index is 641. The number of hydrogen-bond acceptors (Lipinski definition) is 5. The summed E-state index contributed by atoms with van der Waals surface area (Å²) in [6, 6.07) is 3.16. The number of hydrogen-bond donors (Lipinski definition) is 3. The van der Waals surface area contributed by atoms with Crippen LogP contribution in [0.25, 0.3) is 0 Å². The summed E-state index contributed by atoms with van der Waals surface area (Å²) >= 11 is 0. The van der Waals surface area contributed by atoms with Gasteiger partial charge in [-0.05, 0) is 50.8 Å². The Morgan fingerprint density at radius 1 is 1.29 bits per heavy atom. The fraction of sp³-hybridized carbons (Fsp3) is 0.571. The molecule has 1 unspecified atom stereocenters. The van der Waals surface area contributed by atoms with Crippen molar-refractivity contribution in [3.05, 3.63) is 17.7 Å². The molecule has 1 aromatic carbocycles. The predicted molar refractivity (Wildman–Crippen MR) is 83.7 cm³/mol. The number of nitrogen functional groups attached to an aromatic ring is 1. The largest absolute Gasteiger partial charge is 0.399 e. The fourth-order valence-electron chi connectivity index (χ4n) is 2.82. The summed E-state index contributed by atoms with van der Waals surface area (Å²) in [6.07, 6.45) is 2.20. The summed E-state index contributed by atoms with van der Waals surface area (Å²) in [7, 11) is -3.81. The van der Waals surface area contributed by atoms with Gasteiger partial charge in [-0.1, -0.05) is 0 Å². The molecule has 0 spiro atoms. The van der Waals surface area contributed by atoms with Crippen LogP contribution in [-0.2, 0) is 10.0 Å². The van der Waals surface area contributed by atoms with Crippen molar-refractivity contribution in [2.24, 2.45) is 5.14 Å². The Kier molecular flexibility index (Phi) is 4.19. The van der Waals surface area contributed by atoms with Crippen LogP contribution in [0.15, 0.2) is 17.0 Å². The standard InChI is InChI=1S/C14H23N3O3S/c1-10-12(8-11(15)9-13(10)21(16,19)20)17-6-3-4-14(2,18)5-7-17/h8-9,18H,3-7,15H2,1-2H3,(H2,16,19,20). The molecule has 0 aromatic heterocycles. The van der Waals surface area contributed by atoms with E-state index < -0.39 is 15.6 Å². The van der Waals surface area contributed by atoms with Gasteiger partial charge in [-0.15, -0.1) is 0 Å². The van der Waals surface area contributed by atoms with E-state index in [2.05, 4.69) is 4.90 Å². The Morgan fingerprint density at radius 2 is 1.95 bits per heavy atom. The lowest BCUT2D eigenvalue weighted by Crippen LogP contribution is -2.29. The molecule has 1 aliphatic rings.